The number of benzene rings is 2. The van der Waals surface area contributed by atoms with Crippen molar-refractivity contribution in [3.8, 4) is 0 Å². The second-order valence-corrected chi connectivity index (χ2v) is 8.78. The molecule has 0 aliphatic carbocycles. The lowest BCUT2D eigenvalue weighted by atomic mass is 9.95. The molecule has 1 aliphatic rings. The van der Waals surface area contributed by atoms with E-state index >= 15 is 0 Å². The van der Waals surface area contributed by atoms with Crippen LogP contribution in [0.3, 0.4) is 0 Å². The third-order valence-corrected chi connectivity index (χ3v) is 6.44. The van der Waals surface area contributed by atoms with Crippen LogP contribution in [0.2, 0.25) is 0 Å². The number of piperidine rings is 1. The van der Waals surface area contributed by atoms with Gasteiger partial charge in [-0.05, 0) is 55.7 Å². The van der Waals surface area contributed by atoms with Crippen LogP contribution in [0.5, 0.6) is 0 Å². The molecule has 3 rings (SSSR count). The highest BCUT2D eigenvalue weighted by Crippen LogP contribution is 2.24. The van der Waals surface area contributed by atoms with E-state index in [0.717, 1.165) is 32.4 Å². The molecule has 1 aliphatic heterocycles. The standard InChI is InChI=1S/C21H27N3O3S/c1-2-14-22-28(26,27)20-10-8-18(9-11-20)23-21(25)17-12-15-24(16-13-17)19-6-4-3-5-7-19/h3-11,17,22H,2,12-16H2,1H3,(H,23,25). The third kappa shape index (κ3) is 5.11. The van der Waals surface area contributed by atoms with Crippen LogP contribution in [-0.2, 0) is 14.8 Å². The Morgan fingerprint density at radius 1 is 1.04 bits per heavy atom. The van der Waals surface area contributed by atoms with Crippen molar-refractivity contribution in [2.45, 2.75) is 31.1 Å². The molecule has 0 saturated carbocycles. The Bertz CT molecular complexity index is 875. The topological polar surface area (TPSA) is 78.5 Å². The SMILES string of the molecule is CCCNS(=O)(=O)c1ccc(NC(=O)C2CCN(c3ccccc3)CC2)cc1. The highest BCUT2D eigenvalue weighted by Gasteiger charge is 2.25. The number of nitrogens with zero attached hydrogens (tertiary/aromatic N) is 1. The molecule has 1 saturated heterocycles. The van der Waals surface area contributed by atoms with Gasteiger partial charge in [-0.15, -0.1) is 0 Å². The summed E-state index contributed by atoms with van der Waals surface area (Å²) in [4.78, 5) is 15.1. The summed E-state index contributed by atoms with van der Waals surface area (Å²) in [6.07, 6.45) is 2.33. The summed E-state index contributed by atoms with van der Waals surface area (Å²) in [5, 5.41) is 2.92. The number of carbonyl (C=O) groups excluding carboxylic acids is 1. The number of nitrogens with one attached hydrogen (secondary N) is 2. The largest absolute Gasteiger partial charge is 0.371 e. The van der Waals surface area contributed by atoms with Gasteiger partial charge < -0.3 is 10.2 Å². The van der Waals surface area contributed by atoms with E-state index in [2.05, 4.69) is 27.1 Å². The molecule has 2 N–H and O–H groups in total. The van der Waals surface area contributed by atoms with Crippen molar-refractivity contribution in [1.82, 2.24) is 4.72 Å². The average Bonchev–Trinajstić information content (AvgIpc) is 2.73. The van der Waals surface area contributed by atoms with Crippen LogP contribution < -0.4 is 14.9 Å². The number of sulfonamides is 1. The van der Waals surface area contributed by atoms with Gasteiger partial charge >= 0.3 is 0 Å². The first-order chi connectivity index (χ1) is 13.5. The molecule has 0 unspecified atom stereocenters. The molecule has 150 valence electrons. The number of para-hydroxylation sites is 1. The van der Waals surface area contributed by atoms with Crippen LogP contribution >= 0.6 is 0 Å². The summed E-state index contributed by atoms with van der Waals surface area (Å²) in [5.41, 5.74) is 1.81. The Labute approximate surface area is 167 Å². The first-order valence-corrected chi connectivity index (χ1v) is 11.2. The molecule has 0 radical (unpaired) electrons. The van der Waals surface area contributed by atoms with Crippen molar-refractivity contribution in [1.29, 1.82) is 0 Å². The van der Waals surface area contributed by atoms with Crippen molar-refractivity contribution < 1.29 is 13.2 Å². The van der Waals surface area contributed by atoms with E-state index in [4.69, 9.17) is 0 Å². The van der Waals surface area contributed by atoms with Crippen LogP contribution in [-0.4, -0.2) is 34.0 Å². The predicted octanol–water partition coefficient (Wildman–Crippen LogP) is 3.23. The Kier molecular flexibility index (Phi) is 6.70. The van der Waals surface area contributed by atoms with Crippen LogP contribution in [0.25, 0.3) is 0 Å². The molecule has 1 heterocycles. The van der Waals surface area contributed by atoms with Gasteiger partial charge in [-0.3, -0.25) is 4.79 Å². The number of hydrogen-bond donors (Lipinski definition) is 2. The molecular formula is C21H27N3O3S. The van der Waals surface area contributed by atoms with Gasteiger partial charge in [0.25, 0.3) is 0 Å². The lowest BCUT2D eigenvalue weighted by molar-refractivity contribution is -0.120. The summed E-state index contributed by atoms with van der Waals surface area (Å²) in [5.74, 6) is -0.0398. The molecular weight excluding hydrogens is 374 g/mol. The Morgan fingerprint density at radius 3 is 2.29 bits per heavy atom. The smallest absolute Gasteiger partial charge is 0.240 e. The van der Waals surface area contributed by atoms with Crippen LogP contribution in [0.4, 0.5) is 11.4 Å². The molecule has 0 atom stereocenters. The highest BCUT2D eigenvalue weighted by molar-refractivity contribution is 7.89. The van der Waals surface area contributed by atoms with E-state index in [-0.39, 0.29) is 16.7 Å². The van der Waals surface area contributed by atoms with Gasteiger partial charge in [0, 0.05) is 36.9 Å². The number of carbonyl (C=O) groups is 1. The monoisotopic (exact) mass is 401 g/mol. The maximum absolute atomic E-state index is 12.6. The first-order valence-electron chi connectivity index (χ1n) is 9.70. The number of amides is 1. The number of anilines is 2. The molecule has 0 aromatic heterocycles. The molecule has 28 heavy (non-hydrogen) atoms. The lowest BCUT2D eigenvalue weighted by Gasteiger charge is -2.33. The summed E-state index contributed by atoms with van der Waals surface area (Å²) in [6.45, 7) is 4.01. The molecule has 2 aromatic rings. The molecule has 0 bridgehead atoms. The molecule has 2 aromatic carbocycles. The zero-order valence-electron chi connectivity index (χ0n) is 16.1. The van der Waals surface area contributed by atoms with Gasteiger partial charge in [0.2, 0.25) is 15.9 Å². The Balaban J connectivity index is 1.54. The van der Waals surface area contributed by atoms with E-state index in [1.807, 2.05) is 25.1 Å². The van der Waals surface area contributed by atoms with Crippen molar-refractivity contribution in [2.24, 2.45) is 5.92 Å². The fourth-order valence-corrected chi connectivity index (χ4v) is 4.45. The maximum atomic E-state index is 12.6. The predicted molar refractivity (Wildman–Crippen MR) is 112 cm³/mol. The Hall–Kier alpha value is -2.38. The minimum Gasteiger partial charge on any atom is -0.371 e. The molecule has 1 amide bonds. The second kappa shape index (κ2) is 9.21. The van der Waals surface area contributed by atoms with Gasteiger partial charge in [-0.1, -0.05) is 25.1 Å². The van der Waals surface area contributed by atoms with Crippen LogP contribution in [0.1, 0.15) is 26.2 Å². The van der Waals surface area contributed by atoms with Gasteiger partial charge in [-0.2, -0.15) is 0 Å². The fraction of sp³-hybridized carbons (Fsp3) is 0.381. The maximum Gasteiger partial charge on any atom is 0.240 e. The molecule has 0 spiro atoms. The zero-order chi connectivity index (χ0) is 20.0. The van der Waals surface area contributed by atoms with Crippen molar-refractivity contribution in [2.75, 3.05) is 29.9 Å². The minimum atomic E-state index is -3.49. The van der Waals surface area contributed by atoms with E-state index < -0.39 is 10.0 Å². The lowest BCUT2D eigenvalue weighted by Crippen LogP contribution is -2.38. The van der Waals surface area contributed by atoms with Gasteiger partial charge in [0.1, 0.15) is 0 Å². The van der Waals surface area contributed by atoms with E-state index in [1.165, 1.54) is 17.8 Å². The highest BCUT2D eigenvalue weighted by atomic mass is 32.2. The zero-order valence-corrected chi connectivity index (χ0v) is 16.9. The number of hydrogen-bond acceptors (Lipinski definition) is 4. The van der Waals surface area contributed by atoms with Gasteiger partial charge in [0.05, 0.1) is 4.90 Å². The van der Waals surface area contributed by atoms with Crippen molar-refractivity contribution >= 4 is 27.3 Å². The van der Waals surface area contributed by atoms with Crippen molar-refractivity contribution in [3.05, 3.63) is 54.6 Å². The second-order valence-electron chi connectivity index (χ2n) is 7.01. The normalized spacial score (nSPS) is 15.4. The summed E-state index contributed by atoms with van der Waals surface area (Å²) >= 11 is 0. The number of rotatable bonds is 7. The summed E-state index contributed by atoms with van der Waals surface area (Å²) < 4.78 is 26.8. The summed E-state index contributed by atoms with van der Waals surface area (Å²) in [7, 11) is -3.49. The van der Waals surface area contributed by atoms with Gasteiger partial charge in [-0.25, -0.2) is 13.1 Å². The van der Waals surface area contributed by atoms with E-state index in [0.29, 0.717) is 12.2 Å². The minimum absolute atomic E-state index is 0.00701. The van der Waals surface area contributed by atoms with Crippen molar-refractivity contribution in [3.63, 3.8) is 0 Å². The molecule has 6 nitrogen and oxygen atoms in total. The van der Waals surface area contributed by atoms with E-state index in [9.17, 15) is 13.2 Å². The van der Waals surface area contributed by atoms with Crippen LogP contribution in [0, 0.1) is 5.92 Å². The quantitative estimate of drug-likeness (QED) is 0.747. The van der Waals surface area contributed by atoms with Gasteiger partial charge in [0.15, 0.2) is 0 Å². The fourth-order valence-electron chi connectivity index (χ4n) is 3.32. The van der Waals surface area contributed by atoms with Crippen LogP contribution in [0.15, 0.2) is 59.5 Å². The van der Waals surface area contributed by atoms with E-state index in [1.54, 1.807) is 12.1 Å². The first kappa shape index (κ1) is 20.4. The third-order valence-electron chi connectivity index (χ3n) is 4.96. The molecule has 1 fully saturated rings. The Morgan fingerprint density at radius 2 is 1.68 bits per heavy atom. The summed E-state index contributed by atoms with van der Waals surface area (Å²) in [6, 6.07) is 16.5. The molecule has 7 heteroatoms. The average molecular weight is 402 g/mol.